The SMILES string of the molecule is COc1cc(Cl)c(C)cc1NC(=O)COC(=O)c1n[nH]c(=O)c2ccccc12. The molecule has 0 aliphatic heterocycles. The molecule has 2 N–H and O–H groups in total. The van der Waals surface area contributed by atoms with Crippen molar-refractivity contribution in [1.82, 2.24) is 10.2 Å². The molecule has 1 amide bonds. The fourth-order valence-corrected chi connectivity index (χ4v) is 2.74. The summed E-state index contributed by atoms with van der Waals surface area (Å²) in [4.78, 5) is 36.3. The first-order chi connectivity index (χ1) is 13.4. The van der Waals surface area contributed by atoms with Crippen LogP contribution in [0.4, 0.5) is 5.69 Å². The van der Waals surface area contributed by atoms with Crippen LogP contribution < -0.4 is 15.6 Å². The summed E-state index contributed by atoms with van der Waals surface area (Å²) in [6, 6.07) is 9.71. The van der Waals surface area contributed by atoms with Crippen LogP contribution in [0.15, 0.2) is 41.2 Å². The Hall–Kier alpha value is -3.39. The topological polar surface area (TPSA) is 110 Å². The fourth-order valence-electron chi connectivity index (χ4n) is 2.59. The lowest BCUT2D eigenvalue weighted by Crippen LogP contribution is -2.23. The third-order valence-corrected chi connectivity index (χ3v) is 4.39. The van der Waals surface area contributed by atoms with Gasteiger partial charge in [-0.2, -0.15) is 5.10 Å². The Morgan fingerprint density at radius 2 is 1.93 bits per heavy atom. The maximum absolute atomic E-state index is 12.3. The monoisotopic (exact) mass is 401 g/mol. The normalized spacial score (nSPS) is 10.5. The Labute approximate surface area is 164 Å². The lowest BCUT2D eigenvalue weighted by molar-refractivity contribution is -0.119. The lowest BCUT2D eigenvalue weighted by atomic mass is 10.1. The number of methoxy groups -OCH3 is 1. The highest BCUT2D eigenvalue weighted by Crippen LogP contribution is 2.30. The number of H-pyrrole nitrogens is 1. The van der Waals surface area contributed by atoms with Gasteiger partial charge in [0.05, 0.1) is 18.2 Å². The minimum atomic E-state index is -0.832. The molecule has 0 spiro atoms. The summed E-state index contributed by atoms with van der Waals surface area (Å²) in [5, 5.41) is 9.72. The maximum atomic E-state index is 12.3. The molecule has 144 valence electrons. The van der Waals surface area contributed by atoms with Crippen molar-refractivity contribution in [3.63, 3.8) is 0 Å². The van der Waals surface area contributed by atoms with Crippen LogP contribution in [0.3, 0.4) is 0 Å². The Kier molecular flexibility index (Phi) is 5.60. The molecule has 0 aliphatic rings. The average molecular weight is 402 g/mol. The van der Waals surface area contributed by atoms with Gasteiger partial charge < -0.3 is 14.8 Å². The van der Waals surface area contributed by atoms with Gasteiger partial charge in [0, 0.05) is 16.5 Å². The van der Waals surface area contributed by atoms with E-state index in [-0.39, 0.29) is 5.69 Å². The van der Waals surface area contributed by atoms with Gasteiger partial charge in [0.15, 0.2) is 12.3 Å². The molecule has 0 radical (unpaired) electrons. The summed E-state index contributed by atoms with van der Waals surface area (Å²) >= 11 is 6.04. The average Bonchev–Trinajstić information content (AvgIpc) is 2.69. The summed E-state index contributed by atoms with van der Waals surface area (Å²) < 4.78 is 10.2. The third kappa shape index (κ3) is 3.96. The molecule has 0 unspecified atom stereocenters. The number of esters is 1. The van der Waals surface area contributed by atoms with Crippen molar-refractivity contribution in [2.24, 2.45) is 0 Å². The van der Waals surface area contributed by atoms with Crippen molar-refractivity contribution in [1.29, 1.82) is 0 Å². The highest BCUT2D eigenvalue weighted by molar-refractivity contribution is 6.31. The number of ether oxygens (including phenoxy) is 2. The number of hydrogen-bond acceptors (Lipinski definition) is 6. The molecule has 1 aromatic heterocycles. The number of carbonyl (C=O) groups excluding carboxylic acids is 2. The molecule has 0 fully saturated rings. The van der Waals surface area contributed by atoms with Crippen molar-refractivity contribution in [3.05, 3.63) is 63.0 Å². The molecule has 9 heteroatoms. The molecule has 0 atom stereocenters. The molecule has 1 heterocycles. The van der Waals surface area contributed by atoms with Gasteiger partial charge in [-0.3, -0.25) is 9.59 Å². The summed E-state index contributed by atoms with van der Waals surface area (Å²) in [6.45, 7) is 1.24. The second-order valence-corrected chi connectivity index (χ2v) is 6.28. The third-order valence-electron chi connectivity index (χ3n) is 3.98. The van der Waals surface area contributed by atoms with Crippen LogP contribution >= 0.6 is 11.6 Å². The standard InChI is InChI=1S/C19H16ClN3O5/c1-10-7-14(15(27-2)8-13(10)20)21-16(24)9-28-19(26)17-11-5-3-4-6-12(11)18(25)23-22-17/h3-8H,9H2,1-2H3,(H,21,24)(H,23,25). The number of amides is 1. The second-order valence-electron chi connectivity index (χ2n) is 5.87. The first-order valence-electron chi connectivity index (χ1n) is 8.19. The van der Waals surface area contributed by atoms with Crippen LogP contribution in [0.1, 0.15) is 16.1 Å². The van der Waals surface area contributed by atoms with Crippen LogP contribution in [-0.4, -0.2) is 35.8 Å². The number of aromatic amines is 1. The van der Waals surface area contributed by atoms with Gasteiger partial charge in [-0.1, -0.05) is 29.8 Å². The molecule has 8 nitrogen and oxygen atoms in total. The quantitative estimate of drug-likeness (QED) is 0.636. The number of fused-ring (bicyclic) bond motifs is 1. The smallest absolute Gasteiger partial charge is 0.359 e. The van der Waals surface area contributed by atoms with Crippen molar-refractivity contribution >= 4 is 39.9 Å². The molecular formula is C19H16ClN3O5. The van der Waals surface area contributed by atoms with Gasteiger partial charge in [-0.05, 0) is 24.6 Å². The fraction of sp³-hybridized carbons (Fsp3) is 0.158. The van der Waals surface area contributed by atoms with Crippen molar-refractivity contribution in [2.75, 3.05) is 19.0 Å². The number of hydrogen-bond donors (Lipinski definition) is 2. The van der Waals surface area contributed by atoms with E-state index in [1.54, 1.807) is 43.3 Å². The highest BCUT2D eigenvalue weighted by Gasteiger charge is 2.17. The van der Waals surface area contributed by atoms with Crippen molar-refractivity contribution < 1.29 is 19.1 Å². The number of nitrogens with zero attached hydrogens (tertiary/aromatic N) is 1. The van der Waals surface area contributed by atoms with E-state index in [2.05, 4.69) is 15.5 Å². The maximum Gasteiger partial charge on any atom is 0.359 e. The second kappa shape index (κ2) is 8.10. The molecule has 0 aliphatic carbocycles. The molecular weight excluding hydrogens is 386 g/mol. The number of anilines is 1. The Morgan fingerprint density at radius 3 is 2.64 bits per heavy atom. The molecule has 0 saturated carbocycles. The number of carbonyl (C=O) groups is 2. The number of nitrogens with one attached hydrogen (secondary N) is 2. The van der Waals surface area contributed by atoms with Gasteiger partial charge in [0.1, 0.15) is 5.75 Å². The zero-order valence-electron chi connectivity index (χ0n) is 15.0. The van der Waals surface area contributed by atoms with E-state index in [0.29, 0.717) is 27.2 Å². The van der Waals surface area contributed by atoms with Gasteiger partial charge in [0.25, 0.3) is 11.5 Å². The van der Waals surface area contributed by atoms with Crippen LogP contribution in [-0.2, 0) is 9.53 Å². The Bertz CT molecular complexity index is 1130. The first-order valence-corrected chi connectivity index (χ1v) is 8.57. The van der Waals surface area contributed by atoms with Crippen LogP contribution in [0, 0.1) is 6.92 Å². The predicted octanol–water partition coefficient (Wildman–Crippen LogP) is 2.69. The van der Waals surface area contributed by atoms with E-state index in [1.807, 2.05) is 0 Å². The first kappa shape index (κ1) is 19.4. The molecule has 0 bridgehead atoms. The summed E-state index contributed by atoms with van der Waals surface area (Å²) in [6.07, 6.45) is 0. The van der Waals surface area contributed by atoms with Crippen molar-refractivity contribution in [3.8, 4) is 5.75 Å². The van der Waals surface area contributed by atoms with E-state index in [1.165, 1.54) is 7.11 Å². The number of rotatable bonds is 5. The van der Waals surface area contributed by atoms with E-state index in [0.717, 1.165) is 5.56 Å². The van der Waals surface area contributed by atoms with E-state index >= 15 is 0 Å². The Morgan fingerprint density at radius 1 is 1.21 bits per heavy atom. The molecule has 3 aromatic rings. The van der Waals surface area contributed by atoms with Crippen LogP contribution in [0.5, 0.6) is 5.75 Å². The van der Waals surface area contributed by atoms with Crippen LogP contribution in [0.25, 0.3) is 10.8 Å². The van der Waals surface area contributed by atoms with Crippen molar-refractivity contribution in [2.45, 2.75) is 6.92 Å². The largest absolute Gasteiger partial charge is 0.495 e. The number of aryl methyl sites for hydroxylation is 1. The van der Waals surface area contributed by atoms with Gasteiger partial charge in [-0.25, -0.2) is 9.89 Å². The summed E-state index contributed by atoms with van der Waals surface area (Å²) in [5.74, 6) is -1.02. The molecule has 0 saturated heterocycles. The summed E-state index contributed by atoms with van der Waals surface area (Å²) in [5.41, 5.74) is 0.648. The zero-order chi connectivity index (χ0) is 20.3. The lowest BCUT2D eigenvalue weighted by Gasteiger charge is -2.12. The van der Waals surface area contributed by atoms with E-state index < -0.39 is 24.0 Å². The number of aromatic nitrogens is 2. The zero-order valence-corrected chi connectivity index (χ0v) is 15.8. The van der Waals surface area contributed by atoms with E-state index in [9.17, 15) is 14.4 Å². The van der Waals surface area contributed by atoms with Gasteiger partial charge in [-0.15, -0.1) is 0 Å². The highest BCUT2D eigenvalue weighted by atomic mass is 35.5. The Balaban J connectivity index is 1.72. The van der Waals surface area contributed by atoms with Gasteiger partial charge in [0.2, 0.25) is 0 Å². The molecule has 28 heavy (non-hydrogen) atoms. The summed E-state index contributed by atoms with van der Waals surface area (Å²) in [7, 11) is 1.45. The minimum Gasteiger partial charge on any atom is -0.495 e. The minimum absolute atomic E-state index is 0.0806. The van der Waals surface area contributed by atoms with Gasteiger partial charge >= 0.3 is 5.97 Å². The molecule has 3 rings (SSSR count). The van der Waals surface area contributed by atoms with E-state index in [4.69, 9.17) is 21.1 Å². The predicted molar refractivity (Wildman–Crippen MR) is 104 cm³/mol. The number of halogens is 1. The van der Waals surface area contributed by atoms with Crippen LogP contribution in [0.2, 0.25) is 5.02 Å². The number of benzene rings is 2. The molecule has 2 aromatic carbocycles.